The molecule has 2 nitrogen and oxygen atoms in total. The van der Waals surface area contributed by atoms with Gasteiger partial charge in [0.25, 0.3) is 0 Å². The largest absolute Gasteiger partial charge is 0.507 e. The fourth-order valence-electron chi connectivity index (χ4n) is 1.66. The molecule has 2 unspecified atom stereocenters. The third-order valence-electron chi connectivity index (χ3n) is 2.85. The maximum Gasteiger partial charge on any atom is 0.123 e. The minimum atomic E-state index is -0.354. The van der Waals surface area contributed by atoms with Crippen LogP contribution in [0.5, 0.6) is 5.75 Å². The first kappa shape index (κ1) is 12.3. The van der Waals surface area contributed by atoms with Crippen LogP contribution in [0.3, 0.4) is 0 Å². The van der Waals surface area contributed by atoms with Crippen molar-refractivity contribution in [2.24, 2.45) is 0 Å². The second kappa shape index (κ2) is 4.98. The van der Waals surface area contributed by atoms with Gasteiger partial charge >= 0.3 is 0 Å². The molecule has 2 atom stereocenters. The third-order valence-corrected chi connectivity index (χ3v) is 4.23. The third kappa shape index (κ3) is 2.56. The Hall–Kier alpha value is -1.19. The number of aromatic hydroxyl groups is 1. The zero-order valence-electron chi connectivity index (χ0n) is 9.92. The van der Waals surface area contributed by atoms with E-state index in [1.54, 1.807) is 24.8 Å². The number of fused-ring (bicyclic) bond motifs is 1. The van der Waals surface area contributed by atoms with Crippen LogP contribution in [0.1, 0.15) is 13.8 Å². The highest BCUT2D eigenvalue weighted by Gasteiger charge is 2.13. The average molecular weight is 248 g/mol. The molecular weight excluding hydrogens is 232 g/mol. The summed E-state index contributed by atoms with van der Waals surface area (Å²) in [5.74, 6) is 0.301. The molecule has 2 aromatic rings. The fourth-order valence-corrected chi connectivity index (χ4v) is 2.71. The summed E-state index contributed by atoms with van der Waals surface area (Å²) in [7, 11) is 0. The number of hydrogen-bond donors (Lipinski definition) is 2. The van der Waals surface area contributed by atoms with Gasteiger partial charge in [-0.3, -0.25) is 0 Å². The predicted octanol–water partition coefficient (Wildman–Crippen LogP) is 3.41. The van der Waals surface area contributed by atoms with E-state index in [1.807, 2.05) is 37.3 Å². The predicted molar refractivity (Wildman–Crippen MR) is 72.6 cm³/mol. The van der Waals surface area contributed by atoms with E-state index in [9.17, 15) is 10.2 Å². The van der Waals surface area contributed by atoms with Gasteiger partial charge in [0.1, 0.15) is 5.75 Å². The van der Waals surface area contributed by atoms with Crippen LogP contribution < -0.4 is 0 Å². The van der Waals surface area contributed by atoms with E-state index in [2.05, 4.69) is 0 Å². The van der Waals surface area contributed by atoms with Crippen molar-refractivity contribution in [3.8, 4) is 5.75 Å². The summed E-state index contributed by atoms with van der Waals surface area (Å²) in [4.78, 5) is 1.09. The summed E-state index contributed by atoms with van der Waals surface area (Å²) in [6, 6.07) is 11.4. The Kier molecular flexibility index (Phi) is 3.60. The highest BCUT2D eigenvalue weighted by Crippen LogP contribution is 2.35. The van der Waals surface area contributed by atoms with Gasteiger partial charge < -0.3 is 10.2 Å². The molecule has 17 heavy (non-hydrogen) atoms. The molecule has 3 heteroatoms. The molecule has 0 saturated carbocycles. The smallest absolute Gasteiger partial charge is 0.123 e. The van der Waals surface area contributed by atoms with E-state index in [0.717, 1.165) is 15.7 Å². The van der Waals surface area contributed by atoms with Crippen LogP contribution in [0.4, 0.5) is 0 Å². The molecule has 0 radical (unpaired) electrons. The molecule has 2 aromatic carbocycles. The Labute approximate surface area is 105 Å². The zero-order valence-corrected chi connectivity index (χ0v) is 10.7. The first-order valence-electron chi connectivity index (χ1n) is 5.65. The van der Waals surface area contributed by atoms with Crippen molar-refractivity contribution < 1.29 is 10.2 Å². The Morgan fingerprint density at radius 1 is 1.00 bits per heavy atom. The molecule has 90 valence electrons. The number of hydrogen-bond acceptors (Lipinski definition) is 3. The zero-order chi connectivity index (χ0) is 12.4. The van der Waals surface area contributed by atoms with Crippen LogP contribution in [0.2, 0.25) is 0 Å². The summed E-state index contributed by atoms with van der Waals surface area (Å²) >= 11 is 1.63. The molecule has 0 saturated heterocycles. The molecule has 2 rings (SSSR count). The molecule has 0 amide bonds. The summed E-state index contributed by atoms with van der Waals surface area (Å²) in [6.45, 7) is 3.79. The van der Waals surface area contributed by atoms with Crippen molar-refractivity contribution in [3.05, 3.63) is 36.4 Å². The maximum atomic E-state index is 9.78. The molecule has 0 bridgehead atoms. The minimum absolute atomic E-state index is 0.128. The van der Waals surface area contributed by atoms with Gasteiger partial charge in [-0.2, -0.15) is 0 Å². The van der Waals surface area contributed by atoms with E-state index in [1.165, 1.54) is 0 Å². The van der Waals surface area contributed by atoms with Crippen LogP contribution in [-0.2, 0) is 0 Å². The maximum absolute atomic E-state index is 9.78. The number of aliphatic hydroxyl groups excluding tert-OH is 1. The molecule has 0 spiro atoms. The van der Waals surface area contributed by atoms with E-state index >= 15 is 0 Å². The van der Waals surface area contributed by atoms with Crippen LogP contribution in [0.25, 0.3) is 10.8 Å². The topological polar surface area (TPSA) is 40.5 Å². The van der Waals surface area contributed by atoms with Crippen LogP contribution in [0.15, 0.2) is 41.3 Å². The van der Waals surface area contributed by atoms with Crippen molar-refractivity contribution in [3.63, 3.8) is 0 Å². The van der Waals surface area contributed by atoms with Crippen molar-refractivity contribution in [1.29, 1.82) is 0 Å². The SMILES string of the molecule is CC(O)C(C)Sc1ccc(O)c2ccccc12. The van der Waals surface area contributed by atoms with E-state index < -0.39 is 0 Å². The van der Waals surface area contributed by atoms with Crippen LogP contribution in [-0.4, -0.2) is 21.6 Å². The van der Waals surface area contributed by atoms with Crippen LogP contribution in [0, 0.1) is 0 Å². The summed E-state index contributed by atoms with van der Waals surface area (Å²) in [5, 5.41) is 21.3. The van der Waals surface area contributed by atoms with Gasteiger partial charge in [-0.1, -0.05) is 31.2 Å². The molecule has 0 aliphatic carbocycles. The lowest BCUT2D eigenvalue weighted by Crippen LogP contribution is -2.14. The van der Waals surface area contributed by atoms with E-state index in [4.69, 9.17) is 0 Å². The van der Waals surface area contributed by atoms with E-state index in [-0.39, 0.29) is 11.4 Å². The molecule has 2 N–H and O–H groups in total. The summed E-state index contributed by atoms with van der Waals surface area (Å²) in [6.07, 6.45) is -0.354. The monoisotopic (exact) mass is 248 g/mol. The highest BCUT2D eigenvalue weighted by molar-refractivity contribution is 8.00. The number of aliphatic hydroxyl groups is 1. The quantitative estimate of drug-likeness (QED) is 0.818. The number of phenols is 1. The van der Waals surface area contributed by atoms with Gasteiger partial charge in [0.15, 0.2) is 0 Å². The first-order chi connectivity index (χ1) is 8.09. The molecular formula is C14H16O2S. The summed E-state index contributed by atoms with van der Waals surface area (Å²) < 4.78 is 0. The number of phenolic OH excluding ortho intramolecular Hbond substituents is 1. The number of rotatable bonds is 3. The lowest BCUT2D eigenvalue weighted by molar-refractivity contribution is 0.196. The minimum Gasteiger partial charge on any atom is -0.507 e. The molecule has 0 aliphatic heterocycles. The Morgan fingerprint density at radius 2 is 1.65 bits per heavy atom. The first-order valence-corrected chi connectivity index (χ1v) is 6.53. The van der Waals surface area contributed by atoms with Crippen LogP contribution >= 0.6 is 11.8 Å². The average Bonchev–Trinajstić information content (AvgIpc) is 2.33. The summed E-state index contributed by atoms with van der Waals surface area (Å²) in [5.41, 5.74) is 0. The Balaban J connectivity index is 2.45. The Morgan fingerprint density at radius 3 is 2.29 bits per heavy atom. The normalized spacial score (nSPS) is 14.8. The standard InChI is InChI=1S/C14H16O2S/c1-9(15)10(2)17-14-8-7-13(16)11-5-3-4-6-12(11)14/h3-10,15-16H,1-2H3. The lowest BCUT2D eigenvalue weighted by atomic mass is 10.1. The van der Waals surface area contributed by atoms with Gasteiger partial charge in [-0.05, 0) is 24.4 Å². The molecule has 0 fully saturated rings. The van der Waals surface area contributed by atoms with Crippen molar-refractivity contribution >= 4 is 22.5 Å². The molecule has 0 aromatic heterocycles. The van der Waals surface area contributed by atoms with Crippen molar-refractivity contribution in [2.75, 3.05) is 0 Å². The molecule has 0 aliphatic rings. The number of thioether (sulfide) groups is 1. The fraction of sp³-hybridized carbons (Fsp3) is 0.286. The lowest BCUT2D eigenvalue weighted by Gasteiger charge is -2.15. The molecule has 0 heterocycles. The van der Waals surface area contributed by atoms with Crippen molar-refractivity contribution in [2.45, 2.75) is 30.1 Å². The van der Waals surface area contributed by atoms with Gasteiger partial charge in [0.2, 0.25) is 0 Å². The van der Waals surface area contributed by atoms with Gasteiger partial charge in [-0.25, -0.2) is 0 Å². The highest BCUT2D eigenvalue weighted by atomic mass is 32.2. The number of benzene rings is 2. The second-order valence-corrected chi connectivity index (χ2v) is 5.61. The van der Waals surface area contributed by atoms with Crippen molar-refractivity contribution in [1.82, 2.24) is 0 Å². The van der Waals surface area contributed by atoms with E-state index in [0.29, 0.717) is 5.75 Å². The Bertz CT molecular complexity index is 523. The second-order valence-electron chi connectivity index (χ2n) is 4.19. The van der Waals surface area contributed by atoms with Gasteiger partial charge in [0, 0.05) is 15.5 Å². The van der Waals surface area contributed by atoms with Gasteiger partial charge in [0.05, 0.1) is 6.10 Å². The van der Waals surface area contributed by atoms with Gasteiger partial charge in [-0.15, -0.1) is 11.8 Å².